The van der Waals surface area contributed by atoms with Crippen molar-refractivity contribution >= 4 is 17.8 Å². The Morgan fingerprint density at radius 2 is 1.81 bits per heavy atom. The van der Waals surface area contributed by atoms with Crippen molar-refractivity contribution in [1.29, 1.82) is 0 Å². The molecule has 1 saturated carbocycles. The van der Waals surface area contributed by atoms with E-state index in [2.05, 4.69) is 47.7 Å². The van der Waals surface area contributed by atoms with Gasteiger partial charge in [-0.15, -0.1) is 0 Å². The predicted molar refractivity (Wildman–Crippen MR) is 170 cm³/mol. The summed E-state index contributed by atoms with van der Waals surface area (Å²) in [4.78, 5) is 29.4. The maximum Gasteiger partial charge on any atom is 0.273 e. The second kappa shape index (κ2) is 14.9. The molecule has 0 saturated heterocycles. The topological polar surface area (TPSA) is 96.6 Å². The SMILES string of the molecule is CC.CC.Cc1ccc(CCCCC2CC(=O)NC(N)=N2)cc1C(CC1(C)CC1)NC(=O)c1ccc2c(c1)CCC2(F)F. The zero-order chi connectivity index (χ0) is 31.8. The highest BCUT2D eigenvalue weighted by atomic mass is 19.3. The summed E-state index contributed by atoms with van der Waals surface area (Å²) in [5.74, 6) is -2.90. The molecule has 43 heavy (non-hydrogen) atoms. The molecule has 4 N–H and O–H groups in total. The van der Waals surface area contributed by atoms with Gasteiger partial charge >= 0.3 is 0 Å². The van der Waals surface area contributed by atoms with Crippen LogP contribution < -0.4 is 16.4 Å². The van der Waals surface area contributed by atoms with Gasteiger partial charge in [0.1, 0.15) is 0 Å². The fourth-order valence-corrected chi connectivity index (χ4v) is 5.89. The van der Waals surface area contributed by atoms with E-state index >= 15 is 0 Å². The number of carbonyl (C=O) groups excluding carboxylic acids is 2. The quantitative estimate of drug-likeness (QED) is 0.246. The van der Waals surface area contributed by atoms with Crippen LogP contribution in [0.4, 0.5) is 8.78 Å². The first-order chi connectivity index (χ1) is 20.5. The number of carbonyl (C=O) groups is 2. The largest absolute Gasteiger partial charge is 0.370 e. The molecule has 2 atom stereocenters. The van der Waals surface area contributed by atoms with E-state index in [1.165, 1.54) is 17.7 Å². The number of nitrogens with one attached hydrogen (secondary N) is 2. The fraction of sp³-hybridized carbons (Fsp3) is 0.571. The lowest BCUT2D eigenvalue weighted by Gasteiger charge is -2.25. The number of hydrogen-bond acceptors (Lipinski definition) is 4. The van der Waals surface area contributed by atoms with Crippen LogP contribution in [0.15, 0.2) is 41.4 Å². The number of halogens is 2. The molecule has 0 radical (unpaired) electrons. The van der Waals surface area contributed by atoms with Crippen LogP contribution in [0.2, 0.25) is 0 Å². The van der Waals surface area contributed by atoms with E-state index in [0.29, 0.717) is 24.0 Å². The number of unbranched alkanes of at least 4 members (excludes halogenated alkanes) is 1. The van der Waals surface area contributed by atoms with Gasteiger partial charge < -0.3 is 11.1 Å². The smallest absolute Gasteiger partial charge is 0.273 e. The van der Waals surface area contributed by atoms with Gasteiger partial charge in [-0.3, -0.25) is 14.9 Å². The van der Waals surface area contributed by atoms with Gasteiger partial charge in [0.2, 0.25) is 5.91 Å². The van der Waals surface area contributed by atoms with Gasteiger partial charge in [0.05, 0.1) is 12.1 Å². The first-order valence-corrected chi connectivity index (χ1v) is 16.1. The van der Waals surface area contributed by atoms with Crippen molar-refractivity contribution in [2.45, 2.75) is 124 Å². The number of rotatable bonds is 10. The second-order valence-corrected chi connectivity index (χ2v) is 12.0. The molecule has 0 bridgehead atoms. The monoisotopic (exact) mass is 596 g/mol. The first-order valence-electron chi connectivity index (χ1n) is 16.1. The Morgan fingerprint density at radius 3 is 2.49 bits per heavy atom. The zero-order valence-electron chi connectivity index (χ0n) is 26.8. The zero-order valence-corrected chi connectivity index (χ0v) is 26.8. The van der Waals surface area contributed by atoms with E-state index in [9.17, 15) is 18.4 Å². The summed E-state index contributed by atoms with van der Waals surface area (Å²) >= 11 is 0. The minimum absolute atomic E-state index is 0.0478. The summed E-state index contributed by atoms with van der Waals surface area (Å²) in [5, 5.41) is 5.79. The number of guanidine groups is 1. The van der Waals surface area contributed by atoms with Gasteiger partial charge in [-0.1, -0.05) is 65.3 Å². The Bertz CT molecular complexity index is 1300. The lowest BCUT2D eigenvalue weighted by atomic mass is 9.89. The highest BCUT2D eigenvalue weighted by molar-refractivity contribution is 5.98. The molecule has 0 spiro atoms. The van der Waals surface area contributed by atoms with Gasteiger partial charge in [-0.05, 0) is 91.7 Å². The molecule has 1 heterocycles. The Hall–Kier alpha value is -3.29. The van der Waals surface area contributed by atoms with E-state index < -0.39 is 5.92 Å². The number of fused-ring (bicyclic) bond motifs is 1. The molecule has 2 aromatic rings. The summed E-state index contributed by atoms with van der Waals surface area (Å²) in [6, 6.07) is 10.8. The summed E-state index contributed by atoms with van der Waals surface area (Å²) in [6.07, 6.45) is 7.20. The minimum Gasteiger partial charge on any atom is -0.370 e. The number of nitrogens with two attached hydrogens (primary N) is 1. The number of nitrogens with zero attached hydrogens (tertiary/aromatic N) is 1. The summed E-state index contributed by atoms with van der Waals surface area (Å²) in [5.41, 5.74) is 10.4. The van der Waals surface area contributed by atoms with Crippen LogP contribution in [0.5, 0.6) is 0 Å². The average molecular weight is 597 g/mol. The van der Waals surface area contributed by atoms with E-state index in [0.717, 1.165) is 56.1 Å². The maximum atomic E-state index is 14.1. The standard InChI is InChI=1S/C31H38F2N4O2.2C2H6/c1-19-7-8-20(5-3-4-6-23-17-27(38)37-29(34)35-23)15-24(19)26(18-30(2)13-14-30)36-28(39)22-9-10-25-21(16-22)11-12-31(25,32)33;2*1-2/h7-10,15-16,23,26H,3-6,11-14,17-18H2,1-2H3,(H,36,39)(H3,34,35,37,38);2*1-2H3. The normalized spacial score (nSPS) is 19.8. The lowest BCUT2D eigenvalue weighted by molar-refractivity contribution is -0.120. The first kappa shape index (κ1) is 34.2. The van der Waals surface area contributed by atoms with Crippen LogP contribution in [-0.4, -0.2) is 23.8 Å². The van der Waals surface area contributed by atoms with Gasteiger partial charge in [0.25, 0.3) is 11.8 Å². The molecular weight excluding hydrogens is 546 g/mol. The van der Waals surface area contributed by atoms with Crippen LogP contribution in [-0.2, 0) is 23.6 Å². The Kier molecular flexibility index (Phi) is 11.9. The van der Waals surface area contributed by atoms with Crippen molar-refractivity contribution in [2.24, 2.45) is 16.1 Å². The van der Waals surface area contributed by atoms with E-state index in [1.807, 2.05) is 27.7 Å². The van der Waals surface area contributed by atoms with Gasteiger partial charge in [-0.2, -0.15) is 0 Å². The second-order valence-electron chi connectivity index (χ2n) is 12.0. The fourth-order valence-electron chi connectivity index (χ4n) is 5.89. The highest BCUT2D eigenvalue weighted by Crippen LogP contribution is 2.51. The number of alkyl halides is 2. The average Bonchev–Trinajstić information content (AvgIpc) is 3.63. The minimum atomic E-state index is -2.81. The van der Waals surface area contributed by atoms with E-state index in [4.69, 9.17) is 5.73 Å². The van der Waals surface area contributed by atoms with Crippen LogP contribution in [0.3, 0.4) is 0 Å². The molecule has 2 unspecified atom stereocenters. The van der Waals surface area contributed by atoms with Crippen molar-refractivity contribution in [3.63, 3.8) is 0 Å². The third-order valence-corrected chi connectivity index (χ3v) is 8.56. The molecule has 1 fully saturated rings. The van der Waals surface area contributed by atoms with Crippen LogP contribution in [0, 0.1) is 12.3 Å². The van der Waals surface area contributed by atoms with E-state index in [1.54, 1.807) is 6.07 Å². The number of aryl methyl sites for hydroxylation is 3. The summed E-state index contributed by atoms with van der Waals surface area (Å²) in [6.45, 7) is 12.3. The molecular formula is C35H50F2N4O2. The Morgan fingerprint density at radius 1 is 1.09 bits per heavy atom. The molecule has 2 aliphatic carbocycles. The lowest BCUT2D eigenvalue weighted by Crippen LogP contribution is -2.43. The predicted octanol–water partition coefficient (Wildman–Crippen LogP) is 7.66. The highest BCUT2D eigenvalue weighted by Gasteiger charge is 2.41. The Balaban J connectivity index is 0.00000121. The molecule has 6 nitrogen and oxygen atoms in total. The van der Waals surface area contributed by atoms with Crippen molar-refractivity contribution in [3.8, 4) is 0 Å². The summed E-state index contributed by atoms with van der Waals surface area (Å²) in [7, 11) is 0. The summed E-state index contributed by atoms with van der Waals surface area (Å²) < 4.78 is 28.2. The molecule has 2 aromatic carbocycles. The molecule has 1 aliphatic heterocycles. The van der Waals surface area contributed by atoms with Crippen molar-refractivity contribution < 1.29 is 18.4 Å². The maximum absolute atomic E-state index is 14.1. The third-order valence-electron chi connectivity index (χ3n) is 8.56. The molecule has 2 amide bonds. The Labute approximate surface area is 256 Å². The molecule has 8 heteroatoms. The number of amides is 2. The molecule has 5 rings (SSSR count). The van der Waals surface area contributed by atoms with Crippen molar-refractivity contribution in [1.82, 2.24) is 10.6 Å². The molecule has 0 aromatic heterocycles. The van der Waals surface area contributed by atoms with Crippen LogP contribution in [0.1, 0.15) is 130 Å². The number of benzene rings is 2. The number of aliphatic imine (C=N–C) groups is 1. The van der Waals surface area contributed by atoms with Gasteiger partial charge in [0, 0.05) is 24.0 Å². The van der Waals surface area contributed by atoms with Crippen LogP contribution in [0.25, 0.3) is 0 Å². The molecule has 236 valence electrons. The third kappa shape index (κ3) is 9.10. The molecule has 3 aliphatic rings. The van der Waals surface area contributed by atoms with Crippen molar-refractivity contribution in [3.05, 3.63) is 69.8 Å². The van der Waals surface area contributed by atoms with Gasteiger partial charge in [0.15, 0.2) is 5.96 Å². The van der Waals surface area contributed by atoms with E-state index in [-0.39, 0.29) is 47.3 Å². The number of hydrogen-bond donors (Lipinski definition) is 3. The van der Waals surface area contributed by atoms with Crippen molar-refractivity contribution in [2.75, 3.05) is 0 Å². The van der Waals surface area contributed by atoms with Crippen LogP contribution >= 0.6 is 0 Å². The van der Waals surface area contributed by atoms with Gasteiger partial charge in [-0.25, -0.2) is 13.8 Å².